The van der Waals surface area contributed by atoms with Gasteiger partial charge in [0.25, 0.3) is 5.56 Å². The maximum absolute atomic E-state index is 13.6. The molecule has 0 spiro atoms. The fourth-order valence-corrected chi connectivity index (χ4v) is 5.25. The van der Waals surface area contributed by atoms with Crippen molar-refractivity contribution in [1.82, 2.24) is 9.55 Å². The number of nitrogens with two attached hydrogens (primary N) is 1. The Hall–Kier alpha value is -5.83. The summed E-state index contributed by atoms with van der Waals surface area (Å²) < 4.78 is 7.85. The van der Waals surface area contributed by atoms with Crippen molar-refractivity contribution in [3.8, 4) is 39.5 Å². The molecular formula is C32H23N7O2. The Morgan fingerprint density at radius 2 is 1.56 bits per heavy atom. The number of nitrogens with one attached hydrogen (secondary N) is 2. The van der Waals surface area contributed by atoms with Crippen molar-refractivity contribution in [1.29, 1.82) is 5.41 Å². The molecule has 0 unspecified atom stereocenters. The van der Waals surface area contributed by atoms with E-state index in [-0.39, 0.29) is 17.0 Å². The van der Waals surface area contributed by atoms with Crippen LogP contribution in [0.5, 0.6) is 0 Å². The van der Waals surface area contributed by atoms with Crippen LogP contribution in [0.15, 0.2) is 116 Å². The lowest BCUT2D eigenvalue weighted by Crippen LogP contribution is -2.29. The number of para-hydroxylation sites is 2. The molecule has 3 aromatic carbocycles. The minimum Gasteiger partial charge on any atom is -0.438 e. The molecule has 0 radical (unpaired) electrons. The van der Waals surface area contributed by atoms with E-state index in [9.17, 15) is 4.79 Å². The zero-order valence-electron chi connectivity index (χ0n) is 21.9. The lowest BCUT2D eigenvalue weighted by molar-refractivity contribution is 0.535. The number of hydrogen-bond acceptors (Lipinski definition) is 8. The quantitative estimate of drug-likeness (QED) is 0.279. The summed E-state index contributed by atoms with van der Waals surface area (Å²) in [4.78, 5) is 18.2. The summed E-state index contributed by atoms with van der Waals surface area (Å²) in [6.45, 7) is 1.76. The molecule has 1 aromatic heterocycles. The fraction of sp³-hybridized carbons (Fsp3) is 0.0312. The standard InChI is InChI=1S/C32H23N7O2/c1-18-35-28-26-22(19-10-4-2-5-11-19)17-24(23-16-20-12-8-9-15-25(20)41-30(23)34)39(21-13-6-3-7-14-21)31(26)36-32(40)27(28)29(33)38-37-18/h2-17,34H,1H3,(H2,33,38)(H,35,37). The van der Waals surface area contributed by atoms with Gasteiger partial charge in [-0.05, 0) is 48.4 Å². The third kappa shape index (κ3) is 3.99. The van der Waals surface area contributed by atoms with E-state index in [1.807, 2.05) is 102 Å². The van der Waals surface area contributed by atoms with Crippen molar-refractivity contribution < 1.29 is 4.42 Å². The van der Waals surface area contributed by atoms with Gasteiger partial charge in [0.15, 0.2) is 11.7 Å². The van der Waals surface area contributed by atoms with Crippen molar-refractivity contribution in [2.24, 2.45) is 15.9 Å². The van der Waals surface area contributed by atoms with Gasteiger partial charge in [0.05, 0.1) is 22.5 Å². The monoisotopic (exact) mass is 537 g/mol. The van der Waals surface area contributed by atoms with E-state index in [4.69, 9.17) is 15.6 Å². The highest BCUT2D eigenvalue weighted by atomic mass is 16.3. The Kier molecular flexibility index (Phi) is 5.57. The second-order valence-electron chi connectivity index (χ2n) is 9.67. The number of pyridine rings is 2. The molecule has 198 valence electrons. The van der Waals surface area contributed by atoms with Crippen molar-refractivity contribution in [2.75, 3.05) is 5.32 Å². The summed E-state index contributed by atoms with van der Waals surface area (Å²) in [5.41, 5.74) is 11.2. The van der Waals surface area contributed by atoms with Crippen molar-refractivity contribution >= 4 is 28.3 Å². The lowest BCUT2D eigenvalue weighted by atomic mass is 9.92. The SMILES string of the molecule is CC1=NN=C(N)c2c(c3c(-c4ccccc4)cc(-c4cc5ccccc5oc4=N)n(-c4ccccc4)c-3nc2=O)N1. The molecule has 0 saturated carbocycles. The number of amidine groups is 2. The summed E-state index contributed by atoms with van der Waals surface area (Å²) in [5.74, 6) is 0.855. The first kappa shape index (κ1) is 24.2. The highest BCUT2D eigenvalue weighted by Gasteiger charge is 2.30. The van der Waals surface area contributed by atoms with Crippen molar-refractivity contribution in [3.05, 3.63) is 119 Å². The van der Waals surface area contributed by atoms with E-state index in [1.54, 1.807) is 6.92 Å². The van der Waals surface area contributed by atoms with Gasteiger partial charge >= 0.3 is 0 Å². The summed E-state index contributed by atoms with van der Waals surface area (Å²) in [6, 6.07) is 30.9. The molecule has 4 aromatic rings. The summed E-state index contributed by atoms with van der Waals surface area (Å²) in [7, 11) is 0. The number of hydrogen-bond donors (Lipinski definition) is 3. The summed E-state index contributed by atoms with van der Waals surface area (Å²) >= 11 is 0. The number of aromatic nitrogens is 2. The lowest BCUT2D eigenvalue weighted by Gasteiger charge is -2.26. The number of fused-ring (bicyclic) bond motifs is 4. The van der Waals surface area contributed by atoms with Gasteiger partial charge in [-0.3, -0.25) is 14.8 Å². The molecule has 0 bridgehead atoms. The minimum atomic E-state index is -0.540. The Balaban J connectivity index is 1.71. The van der Waals surface area contributed by atoms with Gasteiger partial charge in [0, 0.05) is 11.1 Å². The molecule has 4 heterocycles. The molecule has 0 fully saturated rings. The van der Waals surface area contributed by atoms with Gasteiger partial charge in [-0.2, -0.15) is 4.98 Å². The van der Waals surface area contributed by atoms with Crippen LogP contribution in [0, 0.1) is 5.41 Å². The number of anilines is 1. The van der Waals surface area contributed by atoms with Crippen molar-refractivity contribution in [2.45, 2.75) is 6.92 Å². The smallest absolute Gasteiger partial charge is 0.284 e. The second-order valence-corrected chi connectivity index (χ2v) is 9.67. The topological polar surface area (TPSA) is 135 Å². The molecular weight excluding hydrogens is 514 g/mol. The van der Waals surface area contributed by atoms with Gasteiger partial charge in [0.2, 0.25) is 5.55 Å². The third-order valence-corrected chi connectivity index (χ3v) is 7.07. The molecule has 41 heavy (non-hydrogen) atoms. The van der Waals surface area contributed by atoms with E-state index < -0.39 is 5.56 Å². The van der Waals surface area contributed by atoms with Crippen molar-refractivity contribution in [3.63, 3.8) is 0 Å². The summed E-state index contributed by atoms with van der Waals surface area (Å²) in [6.07, 6.45) is 0. The summed E-state index contributed by atoms with van der Waals surface area (Å²) in [5, 5.41) is 21.1. The predicted molar refractivity (Wildman–Crippen MR) is 160 cm³/mol. The highest BCUT2D eigenvalue weighted by molar-refractivity contribution is 6.13. The van der Waals surface area contributed by atoms with E-state index in [0.29, 0.717) is 39.8 Å². The number of rotatable bonds is 3. The average molecular weight is 538 g/mol. The Morgan fingerprint density at radius 1 is 0.854 bits per heavy atom. The third-order valence-electron chi connectivity index (χ3n) is 7.07. The number of benzene rings is 3. The minimum absolute atomic E-state index is 0.0127. The molecule has 4 N–H and O–H groups in total. The van der Waals surface area contributed by atoms with Gasteiger partial charge in [0.1, 0.15) is 17.0 Å². The Morgan fingerprint density at radius 3 is 2.34 bits per heavy atom. The van der Waals surface area contributed by atoms with E-state index in [0.717, 1.165) is 22.2 Å². The molecule has 0 amide bonds. The van der Waals surface area contributed by atoms with Gasteiger partial charge in [-0.1, -0.05) is 66.7 Å². The van der Waals surface area contributed by atoms with Crippen LogP contribution in [-0.2, 0) is 0 Å². The average Bonchev–Trinajstić information content (AvgIpc) is 3.14. The van der Waals surface area contributed by atoms with E-state index in [2.05, 4.69) is 20.5 Å². The molecule has 0 atom stereocenters. The molecule has 9 nitrogen and oxygen atoms in total. The maximum Gasteiger partial charge on any atom is 0.284 e. The Bertz CT molecular complexity index is 2130. The predicted octanol–water partition coefficient (Wildman–Crippen LogP) is 5.36. The molecule has 9 heteroatoms. The van der Waals surface area contributed by atoms with Crippen LogP contribution in [0.4, 0.5) is 5.69 Å². The first-order valence-corrected chi connectivity index (χ1v) is 13.0. The van der Waals surface area contributed by atoms with Crippen LogP contribution in [-0.4, -0.2) is 21.2 Å². The van der Waals surface area contributed by atoms with Crippen LogP contribution in [0.2, 0.25) is 0 Å². The second kappa shape index (κ2) is 9.42. The molecule has 3 aliphatic heterocycles. The van der Waals surface area contributed by atoms with Crippen LogP contribution >= 0.6 is 0 Å². The van der Waals surface area contributed by atoms with Crippen LogP contribution in [0.1, 0.15) is 12.5 Å². The molecule has 3 aliphatic rings. The van der Waals surface area contributed by atoms with Crippen LogP contribution in [0.25, 0.3) is 50.4 Å². The van der Waals surface area contributed by atoms with Gasteiger partial charge in [-0.15, -0.1) is 10.2 Å². The van der Waals surface area contributed by atoms with Gasteiger partial charge < -0.3 is 15.5 Å². The zero-order valence-corrected chi connectivity index (χ0v) is 21.9. The normalized spacial score (nSPS) is 12.8. The first-order chi connectivity index (χ1) is 20.0. The molecule has 0 saturated heterocycles. The largest absolute Gasteiger partial charge is 0.438 e. The van der Waals surface area contributed by atoms with Gasteiger partial charge in [-0.25, -0.2) is 0 Å². The fourth-order valence-electron chi connectivity index (χ4n) is 5.25. The van der Waals surface area contributed by atoms with E-state index >= 15 is 0 Å². The number of nitrogens with zero attached hydrogens (tertiary/aromatic N) is 4. The van der Waals surface area contributed by atoms with Crippen LogP contribution in [0.3, 0.4) is 0 Å². The molecule has 7 rings (SSSR count). The van der Waals surface area contributed by atoms with Crippen LogP contribution < -0.4 is 22.2 Å². The zero-order chi connectivity index (χ0) is 28.1. The highest BCUT2D eigenvalue weighted by Crippen LogP contribution is 2.43. The molecule has 0 aliphatic carbocycles. The first-order valence-electron chi connectivity index (χ1n) is 13.0. The van der Waals surface area contributed by atoms with E-state index in [1.165, 1.54) is 0 Å². The Labute approximate surface area is 233 Å². The maximum atomic E-state index is 13.6.